The molecule has 1 nitrogen and oxygen atoms in total. The van der Waals surface area contributed by atoms with Crippen LogP contribution in [0.3, 0.4) is 0 Å². The molecule has 0 aliphatic rings. The zero-order chi connectivity index (χ0) is 13.7. The van der Waals surface area contributed by atoms with Crippen molar-refractivity contribution in [2.45, 2.75) is 59.5 Å². The Labute approximate surface area is 111 Å². The van der Waals surface area contributed by atoms with Crippen LogP contribution in [0.25, 0.3) is 0 Å². The summed E-state index contributed by atoms with van der Waals surface area (Å²) in [6.07, 6.45) is 10.8. The Morgan fingerprint density at radius 1 is 0.882 bits per heavy atom. The summed E-state index contributed by atoms with van der Waals surface area (Å²) in [6.45, 7) is 12.2. The van der Waals surface area contributed by atoms with Gasteiger partial charge < -0.3 is 4.74 Å². The molecule has 0 heterocycles. The molecule has 0 saturated carbocycles. The number of hydrogen-bond donors (Lipinski definition) is 0. The molecule has 0 aliphatic heterocycles. The van der Waals surface area contributed by atoms with E-state index in [1.807, 2.05) is 0 Å². The second kappa shape index (κ2) is 6.47. The number of ether oxygens (including phenoxy) is 1. The fraction of sp³-hybridized carbons (Fsp3) is 1.00. The average molecular weight is 263 g/mol. The third-order valence-electron chi connectivity index (χ3n) is 2.88. The van der Waals surface area contributed by atoms with Crippen LogP contribution in [0.5, 0.6) is 0 Å². The second-order valence-corrected chi connectivity index (χ2v) is 12.4. The molecule has 17 heavy (non-hydrogen) atoms. The topological polar surface area (TPSA) is 9.23 Å². The van der Waals surface area contributed by atoms with Crippen LogP contribution < -0.4 is 0 Å². The van der Waals surface area contributed by atoms with E-state index in [-0.39, 0.29) is 15.6 Å². The Morgan fingerprint density at radius 3 is 1.82 bits per heavy atom. The fourth-order valence-electron chi connectivity index (χ4n) is 1.64. The summed E-state index contributed by atoms with van der Waals surface area (Å²) in [7, 11) is -0.346. The average Bonchev–Trinajstić information content (AvgIpc) is 1.96. The van der Waals surface area contributed by atoms with Crippen LogP contribution in [0.4, 0.5) is 0 Å². The molecule has 0 amide bonds. The van der Waals surface area contributed by atoms with Crippen LogP contribution in [0.15, 0.2) is 0 Å². The van der Waals surface area contributed by atoms with E-state index in [0.717, 1.165) is 13.0 Å². The lowest BCUT2D eigenvalue weighted by Crippen LogP contribution is -2.27. The van der Waals surface area contributed by atoms with Crippen molar-refractivity contribution in [3.8, 4) is 0 Å². The second-order valence-electron chi connectivity index (χ2n) is 7.82. The summed E-state index contributed by atoms with van der Waals surface area (Å²) < 4.78 is 6.03. The molecular weight excluding hydrogens is 228 g/mol. The van der Waals surface area contributed by atoms with Crippen molar-refractivity contribution in [3.63, 3.8) is 0 Å². The minimum absolute atomic E-state index is 0.0515. The van der Waals surface area contributed by atoms with E-state index in [2.05, 4.69) is 53.4 Å². The van der Waals surface area contributed by atoms with Crippen molar-refractivity contribution in [1.82, 2.24) is 0 Å². The molecule has 0 saturated heterocycles. The Balaban J connectivity index is 3.81. The molecule has 0 aliphatic carbocycles. The summed E-state index contributed by atoms with van der Waals surface area (Å²) in [6, 6.07) is 0. The first-order chi connectivity index (χ1) is 7.41. The van der Waals surface area contributed by atoms with Crippen molar-refractivity contribution < 1.29 is 4.74 Å². The van der Waals surface area contributed by atoms with Gasteiger partial charge in [0.05, 0.1) is 5.60 Å². The largest absolute Gasteiger partial charge is 0.376 e. The maximum absolute atomic E-state index is 6.03. The Bertz CT molecular complexity index is 186. The minimum atomic E-state index is -0.346. The van der Waals surface area contributed by atoms with Crippen molar-refractivity contribution >= 4 is 10.0 Å². The van der Waals surface area contributed by atoms with Crippen LogP contribution >= 0.6 is 10.0 Å². The van der Waals surface area contributed by atoms with Gasteiger partial charge >= 0.3 is 0 Å². The van der Waals surface area contributed by atoms with Crippen LogP contribution in [0.1, 0.15) is 53.9 Å². The highest BCUT2D eigenvalue weighted by Crippen LogP contribution is 2.36. The molecule has 0 bridgehead atoms. The molecule has 106 valence electrons. The highest BCUT2D eigenvalue weighted by molar-refractivity contribution is 8.32. The quantitative estimate of drug-likeness (QED) is 0.646. The van der Waals surface area contributed by atoms with Gasteiger partial charge in [0.1, 0.15) is 0 Å². The van der Waals surface area contributed by atoms with Crippen molar-refractivity contribution in [2.24, 2.45) is 5.41 Å². The van der Waals surface area contributed by atoms with Gasteiger partial charge in [-0.3, -0.25) is 0 Å². The molecule has 0 aromatic heterocycles. The molecule has 0 radical (unpaired) electrons. The van der Waals surface area contributed by atoms with Crippen LogP contribution in [-0.4, -0.2) is 36.7 Å². The molecule has 2 heteroatoms. The van der Waals surface area contributed by atoms with E-state index >= 15 is 0 Å². The Morgan fingerprint density at radius 2 is 1.41 bits per heavy atom. The highest BCUT2D eigenvalue weighted by Gasteiger charge is 2.20. The molecule has 0 spiro atoms. The predicted octanol–water partition coefficient (Wildman–Crippen LogP) is 4.69. The summed E-state index contributed by atoms with van der Waals surface area (Å²) in [5.74, 6) is 1.36. The van der Waals surface area contributed by atoms with Gasteiger partial charge in [-0.15, -0.1) is 0 Å². The molecule has 0 N–H and O–H groups in total. The monoisotopic (exact) mass is 262 g/mol. The van der Waals surface area contributed by atoms with E-state index in [1.165, 1.54) is 18.6 Å². The van der Waals surface area contributed by atoms with Crippen LogP contribution in [-0.2, 0) is 4.74 Å². The maximum atomic E-state index is 6.03. The standard InChI is InChI=1S/C15H34OS/c1-14(2,3)11-12-16-15(4,5)10-9-13-17(6,7)8/h9-13H2,1-8H3. The first-order valence-corrected chi connectivity index (χ1v) is 9.74. The van der Waals surface area contributed by atoms with E-state index in [1.54, 1.807) is 0 Å². The molecule has 0 atom stereocenters. The highest BCUT2D eigenvalue weighted by atomic mass is 32.3. The molecular formula is C15H34OS. The minimum Gasteiger partial charge on any atom is -0.376 e. The van der Waals surface area contributed by atoms with Gasteiger partial charge in [-0.2, -0.15) is 0 Å². The van der Waals surface area contributed by atoms with E-state index in [0.29, 0.717) is 5.41 Å². The summed E-state index contributed by atoms with van der Waals surface area (Å²) >= 11 is 0. The smallest absolute Gasteiger partial charge is 0.0626 e. The predicted molar refractivity (Wildman–Crippen MR) is 83.6 cm³/mol. The van der Waals surface area contributed by atoms with Gasteiger partial charge in [0.15, 0.2) is 0 Å². The van der Waals surface area contributed by atoms with Crippen LogP contribution in [0.2, 0.25) is 0 Å². The maximum Gasteiger partial charge on any atom is 0.0626 e. The first kappa shape index (κ1) is 17.3. The van der Waals surface area contributed by atoms with Crippen molar-refractivity contribution in [2.75, 3.05) is 31.1 Å². The van der Waals surface area contributed by atoms with Gasteiger partial charge in [0, 0.05) is 6.61 Å². The van der Waals surface area contributed by atoms with Gasteiger partial charge in [-0.1, -0.05) is 20.8 Å². The van der Waals surface area contributed by atoms with E-state index in [4.69, 9.17) is 4.74 Å². The van der Waals surface area contributed by atoms with Crippen LogP contribution in [0, 0.1) is 5.41 Å². The summed E-state index contributed by atoms with van der Waals surface area (Å²) in [5.41, 5.74) is 0.432. The molecule has 0 unspecified atom stereocenters. The molecule has 0 aromatic carbocycles. The Hall–Kier alpha value is 0.310. The lowest BCUT2D eigenvalue weighted by Gasteiger charge is -2.30. The lowest BCUT2D eigenvalue weighted by atomic mass is 9.93. The first-order valence-electron chi connectivity index (χ1n) is 6.71. The number of rotatable bonds is 7. The van der Waals surface area contributed by atoms with Gasteiger partial charge in [0.2, 0.25) is 0 Å². The van der Waals surface area contributed by atoms with Gasteiger partial charge in [-0.25, -0.2) is 10.0 Å². The zero-order valence-corrected chi connectivity index (χ0v) is 14.2. The summed E-state index contributed by atoms with van der Waals surface area (Å²) in [5, 5.41) is 0. The normalized spacial score (nSPS) is 15.1. The van der Waals surface area contributed by atoms with Gasteiger partial charge in [-0.05, 0) is 63.0 Å². The third-order valence-corrected chi connectivity index (χ3v) is 4.39. The Kier molecular flexibility index (Phi) is 6.59. The third kappa shape index (κ3) is 12.6. The van der Waals surface area contributed by atoms with Crippen molar-refractivity contribution in [3.05, 3.63) is 0 Å². The van der Waals surface area contributed by atoms with Gasteiger partial charge in [0.25, 0.3) is 0 Å². The van der Waals surface area contributed by atoms with E-state index < -0.39 is 0 Å². The number of hydrogen-bond acceptors (Lipinski definition) is 1. The molecule has 0 fully saturated rings. The zero-order valence-electron chi connectivity index (χ0n) is 13.4. The molecule has 0 aromatic rings. The molecule has 0 rings (SSSR count). The summed E-state index contributed by atoms with van der Waals surface area (Å²) in [4.78, 5) is 0. The van der Waals surface area contributed by atoms with E-state index in [9.17, 15) is 0 Å². The lowest BCUT2D eigenvalue weighted by molar-refractivity contribution is -0.0331. The SMILES string of the molecule is CC(C)(C)CCOC(C)(C)CCCS(C)(C)C. The van der Waals surface area contributed by atoms with Crippen molar-refractivity contribution in [1.29, 1.82) is 0 Å². The fourth-order valence-corrected chi connectivity index (χ4v) is 2.65.